The van der Waals surface area contributed by atoms with Crippen LogP contribution in [0.2, 0.25) is 0 Å². The molecule has 4 heteroatoms. The Labute approximate surface area is 127 Å². The minimum atomic E-state index is -0.260. The van der Waals surface area contributed by atoms with Crippen LogP contribution in [0.3, 0.4) is 0 Å². The number of hydrogen-bond acceptors (Lipinski definition) is 0. The van der Waals surface area contributed by atoms with Gasteiger partial charge in [0.15, 0.2) is 0 Å². The van der Waals surface area contributed by atoms with Crippen molar-refractivity contribution in [3.63, 3.8) is 0 Å². The van der Waals surface area contributed by atoms with Crippen LogP contribution in [0, 0.1) is 5.82 Å². The number of hydrogen-bond donors (Lipinski definition) is 0. The van der Waals surface area contributed by atoms with Crippen molar-refractivity contribution >= 4 is 43.5 Å². The first kappa shape index (κ1) is 14.0. The van der Waals surface area contributed by atoms with E-state index >= 15 is 0 Å². The van der Waals surface area contributed by atoms with E-state index in [1.54, 1.807) is 12.1 Å². The van der Waals surface area contributed by atoms with Crippen molar-refractivity contribution in [1.29, 1.82) is 0 Å². The van der Waals surface area contributed by atoms with Gasteiger partial charge in [-0.15, -0.1) is 11.6 Å². The second kappa shape index (κ2) is 6.18. The fourth-order valence-electron chi connectivity index (χ4n) is 1.72. The summed E-state index contributed by atoms with van der Waals surface area (Å²) in [5.74, 6) is -0.212. The summed E-state index contributed by atoms with van der Waals surface area (Å²) in [7, 11) is 0. The molecule has 0 N–H and O–H groups in total. The molecule has 0 spiro atoms. The van der Waals surface area contributed by atoms with Crippen LogP contribution < -0.4 is 0 Å². The van der Waals surface area contributed by atoms with E-state index in [1.807, 2.05) is 24.3 Å². The molecule has 2 rings (SSSR count). The molecule has 0 saturated heterocycles. The van der Waals surface area contributed by atoms with Gasteiger partial charge in [-0.25, -0.2) is 4.39 Å². The molecule has 1 unspecified atom stereocenters. The Kier molecular flexibility index (Phi) is 4.82. The Morgan fingerprint density at radius 1 is 1.11 bits per heavy atom. The van der Waals surface area contributed by atoms with Gasteiger partial charge in [-0.2, -0.15) is 0 Å². The second-order valence-corrected chi connectivity index (χ2v) is 6.23. The van der Waals surface area contributed by atoms with Gasteiger partial charge in [-0.1, -0.05) is 56.1 Å². The van der Waals surface area contributed by atoms with E-state index in [4.69, 9.17) is 11.6 Å². The van der Waals surface area contributed by atoms with Gasteiger partial charge in [0.2, 0.25) is 0 Å². The normalized spacial score (nSPS) is 12.4. The number of rotatable bonds is 3. The second-order valence-electron chi connectivity index (χ2n) is 3.93. The van der Waals surface area contributed by atoms with Crippen LogP contribution in [-0.2, 0) is 6.42 Å². The summed E-state index contributed by atoms with van der Waals surface area (Å²) in [5.41, 5.74) is 1.59. The molecule has 0 aliphatic heterocycles. The third-order valence-electron chi connectivity index (χ3n) is 2.66. The largest absolute Gasteiger partial charge is 0.207 e. The lowest BCUT2D eigenvalue weighted by atomic mass is 10.0. The highest BCUT2D eigenvalue weighted by Gasteiger charge is 2.14. The quantitative estimate of drug-likeness (QED) is 0.573. The Bertz CT molecular complexity index is 557. The monoisotopic (exact) mass is 390 g/mol. The van der Waals surface area contributed by atoms with Crippen molar-refractivity contribution < 1.29 is 4.39 Å². The van der Waals surface area contributed by atoms with Crippen LogP contribution >= 0.6 is 43.5 Å². The highest BCUT2D eigenvalue weighted by atomic mass is 79.9. The first-order valence-electron chi connectivity index (χ1n) is 5.40. The maximum atomic E-state index is 13.6. The van der Waals surface area contributed by atoms with Crippen molar-refractivity contribution in [2.75, 3.05) is 0 Å². The molecule has 0 nitrogen and oxygen atoms in total. The predicted octanol–water partition coefficient (Wildman–Crippen LogP) is 5.87. The summed E-state index contributed by atoms with van der Waals surface area (Å²) in [6.45, 7) is 0. The molecule has 1 atom stereocenters. The van der Waals surface area contributed by atoms with Crippen LogP contribution in [0.5, 0.6) is 0 Å². The Hall–Kier alpha value is -0.380. The van der Waals surface area contributed by atoms with Crippen LogP contribution in [-0.4, -0.2) is 0 Å². The molecule has 0 aromatic heterocycles. The molecule has 94 valence electrons. The van der Waals surface area contributed by atoms with Crippen molar-refractivity contribution in [2.24, 2.45) is 0 Å². The van der Waals surface area contributed by atoms with E-state index in [1.165, 1.54) is 6.07 Å². The lowest BCUT2D eigenvalue weighted by Gasteiger charge is -2.12. The van der Waals surface area contributed by atoms with Crippen LogP contribution in [0.1, 0.15) is 16.5 Å². The zero-order chi connectivity index (χ0) is 13.1. The highest BCUT2D eigenvalue weighted by Crippen LogP contribution is 2.33. The predicted molar refractivity (Wildman–Crippen MR) is 80.5 cm³/mol. The Morgan fingerprint density at radius 2 is 1.83 bits per heavy atom. The van der Waals surface area contributed by atoms with Gasteiger partial charge in [0.25, 0.3) is 0 Å². The Morgan fingerprint density at radius 3 is 2.50 bits per heavy atom. The van der Waals surface area contributed by atoms with Gasteiger partial charge in [0.1, 0.15) is 5.82 Å². The lowest BCUT2D eigenvalue weighted by Crippen LogP contribution is -1.99. The molecule has 0 saturated carbocycles. The molecule has 0 aliphatic rings. The van der Waals surface area contributed by atoms with E-state index in [9.17, 15) is 4.39 Å². The lowest BCUT2D eigenvalue weighted by molar-refractivity contribution is 0.607. The molecular formula is C14H10Br2ClF. The van der Waals surface area contributed by atoms with Crippen molar-refractivity contribution in [2.45, 2.75) is 11.8 Å². The highest BCUT2D eigenvalue weighted by molar-refractivity contribution is 9.11. The average Bonchev–Trinajstić information content (AvgIpc) is 2.32. The minimum absolute atomic E-state index is 0.212. The molecular weight excluding hydrogens is 382 g/mol. The Balaban J connectivity index is 2.22. The maximum absolute atomic E-state index is 13.6. The molecule has 2 aromatic rings. The zero-order valence-corrected chi connectivity index (χ0v) is 13.3. The first-order chi connectivity index (χ1) is 8.58. The van der Waals surface area contributed by atoms with Crippen LogP contribution in [0.4, 0.5) is 4.39 Å². The number of alkyl halides is 1. The first-order valence-corrected chi connectivity index (χ1v) is 7.42. The van der Waals surface area contributed by atoms with Gasteiger partial charge in [-0.3, -0.25) is 0 Å². The van der Waals surface area contributed by atoms with Crippen molar-refractivity contribution in [3.8, 4) is 0 Å². The molecule has 0 heterocycles. The van der Waals surface area contributed by atoms with Crippen molar-refractivity contribution in [1.82, 2.24) is 0 Å². The maximum Gasteiger partial charge on any atom is 0.126 e. The number of halogens is 4. The van der Waals surface area contributed by atoms with Crippen LogP contribution in [0.15, 0.2) is 51.4 Å². The molecule has 2 aromatic carbocycles. The average molecular weight is 392 g/mol. The van der Waals surface area contributed by atoms with E-state index in [2.05, 4.69) is 31.9 Å². The minimum Gasteiger partial charge on any atom is -0.207 e. The molecule has 18 heavy (non-hydrogen) atoms. The van der Waals surface area contributed by atoms with Gasteiger partial charge in [0.05, 0.1) is 5.38 Å². The SMILES string of the molecule is Fc1ccccc1CC(Cl)c1ccc(Br)cc1Br. The summed E-state index contributed by atoms with van der Waals surface area (Å²) in [4.78, 5) is 0. The molecule has 0 fully saturated rings. The smallest absolute Gasteiger partial charge is 0.126 e. The topological polar surface area (TPSA) is 0 Å². The van der Waals surface area contributed by atoms with Gasteiger partial charge in [-0.05, 0) is 35.7 Å². The molecule has 0 radical (unpaired) electrons. The fourth-order valence-corrected chi connectivity index (χ4v) is 3.53. The van der Waals surface area contributed by atoms with E-state index < -0.39 is 0 Å². The third-order valence-corrected chi connectivity index (χ3v) is 4.23. The standard InChI is InChI=1S/C14H10Br2ClF/c15-10-5-6-11(12(16)8-10)13(17)7-9-3-1-2-4-14(9)18/h1-6,8,13H,7H2. The molecule has 0 aliphatic carbocycles. The van der Waals surface area contributed by atoms with Crippen LogP contribution in [0.25, 0.3) is 0 Å². The summed E-state index contributed by atoms with van der Waals surface area (Å²) >= 11 is 13.2. The summed E-state index contributed by atoms with van der Waals surface area (Å²) < 4.78 is 15.5. The van der Waals surface area contributed by atoms with Gasteiger partial charge < -0.3 is 0 Å². The third kappa shape index (κ3) is 3.34. The summed E-state index contributed by atoms with van der Waals surface area (Å²) in [6.07, 6.45) is 0.467. The zero-order valence-electron chi connectivity index (χ0n) is 9.34. The fraction of sp³-hybridized carbons (Fsp3) is 0.143. The summed E-state index contributed by atoms with van der Waals surface area (Å²) in [5, 5.41) is -0.260. The van der Waals surface area contributed by atoms with Gasteiger partial charge in [0, 0.05) is 8.95 Å². The van der Waals surface area contributed by atoms with Gasteiger partial charge >= 0.3 is 0 Å². The molecule has 0 amide bonds. The summed E-state index contributed by atoms with van der Waals surface area (Å²) in [6, 6.07) is 12.5. The van der Waals surface area contributed by atoms with E-state index in [-0.39, 0.29) is 11.2 Å². The van der Waals surface area contributed by atoms with E-state index in [0.717, 1.165) is 14.5 Å². The molecule has 0 bridgehead atoms. The van der Waals surface area contributed by atoms with Crippen molar-refractivity contribution in [3.05, 3.63) is 68.4 Å². The number of benzene rings is 2. The van der Waals surface area contributed by atoms with E-state index in [0.29, 0.717) is 12.0 Å².